The molecule has 2 amide bonds. The summed E-state index contributed by atoms with van der Waals surface area (Å²) in [7, 11) is -0.687. The topological polar surface area (TPSA) is 108 Å². The molecule has 26 heavy (non-hydrogen) atoms. The molecule has 0 saturated carbocycles. The van der Waals surface area contributed by atoms with Crippen LogP contribution in [-0.4, -0.2) is 50.2 Å². The molecule has 0 unspecified atom stereocenters. The summed E-state index contributed by atoms with van der Waals surface area (Å²) in [5.74, 6) is -0.817. The van der Waals surface area contributed by atoms with Gasteiger partial charge in [-0.3, -0.25) is 14.6 Å². The number of hydrogen-bond donors (Lipinski definition) is 2. The van der Waals surface area contributed by atoms with Gasteiger partial charge in [0, 0.05) is 25.9 Å². The van der Waals surface area contributed by atoms with Crippen LogP contribution in [0.15, 0.2) is 53.6 Å². The van der Waals surface area contributed by atoms with Gasteiger partial charge in [-0.25, -0.2) is 12.7 Å². The van der Waals surface area contributed by atoms with E-state index in [-0.39, 0.29) is 29.5 Å². The van der Waals surface area contributed by atoms with Crippen LogP contribution in [0, 0.1) is 0 Å². The first-order valence-electron chi connectivity index (χ1n) is 7.78. The molecule has 1 heterocycles. The number of sulfonamides is 1. The van der Waals surface area contributed by atoms with Gasteiger partial charge in [0.25, 0.3) is 5.91 Å². The van der Waals surface area contributed by atoms with Crippen molar-refractivity contribution in [2.75, 3.05) is 20.6 Å². The summed E-state index contributed by atoms with van der Waals surface area (Å²) in [6.45, 7) is 0.0794. The molecule has 0 bridgehead atoms. The van der Waals surface area contributed by atoms with E-state index in [4.69, 9.17) is 0 Å². The summed E-state index contributed by atoms with van der Waals surface area (Å²) in [4.78, 5) is 28.0. The van der Waals surface area contributed by atoms with Crippen LogP contribution < -0.4 is 10.6 Å². The molecule has 0 aliphatic rings. The second kappa shape index (κ2) is 8.54. The van der Waals surface area contributed by atoms with E-state index in [0.717, 1.165) is 4.31 Å². The van der Waals surface area contributed by atoms with Gasteiger partial charge >= 0.3 is 0 Å². The van der Waals surface area contributed by atoms with Crippen molar-refractivity contribution in [2.45, 2.75) is 11.4 Å². The Kier molecular flexibility index (Phi) is 6.42. The minimum atomic E-state index is -3.55. The molecule has 0 saturated heterocycles. The molecular weight excluding hydrogens is 356 g/mol. The molecule has 0 radical (unpaired) electrons. The van der Waals surface area contributed by atoms with Crippen molar-refractivity contribution in [3.05, 3.63) is 59.9 Å². The van der Waals surface area contributed by atoms with E-state index in [2.05, 4.69) is 15.6 Å². The van der Waals surface area contributed by atoms with Gasteiger partial charge in [-0.05, 0) is 36.4 Å². The second-order valence-corrected chi connectivity index (χ2v) is 7.74. The summed E-state index contributed by atoms with van der Waals surface area (Å²) in [6.07, 6.45) is 1.63. The Bertz CT molecular complexity index is 865. The van der Waals surface area contributed by atoms with Crippen LogP contribution in [0.4, 0.5) is 0 Å². The first-order chi connectivity index (χ1) is 12.3. The van der Waals surface area contributed by atoms with Crippen LogP contribution in [0.2, 0.25) is 0 Å². The van der Waals surface area contributed by atoms with Gasteiger partial charge in [-0.2, -0.15) is 0 Å². The number of pyridine rings is 1. The van der Waals surface area contributed by atoms with E-state index in [1.54, 1.807) is 18.3 Å². The third-order valence-corrected chi connectivity index (χ3v) is 5.33. The zero-order valence-electron chi connectivity index (χ0n) is 14.5. The number of amides is 2. The molecule has 9 heteroatoms. The molecule has 0 atom stereocenters. The first kappa shape index (κ1) is 19.5. The van der Waals surface area contributed by atoms with Crippen molar-refractivity contribution in [3.63, 3.8) is 0 Å². The Morgan fingerprint density at radius 3 is 2.31 bits per heavy atom. The Morgan fingerprint density at radius 2 is 1.73 bits per heavy atom. The lowest BCUT2D eigenvalue weighted by molar-refractivity contribution is -0.120. The molecule has 8 nitrogen and oxygen atoms in total. The molecular formula is C17H20N4O4S. The smallest absolute Gasteiger partial charge is 0.251 e. The number of aromatic nitrogens is 1. The van der Waals surface area contributed by atoms with Gasteiger partial charge in [0.15, 0.2) is 0 Å². The van der Waals surface area contributed by atoms with Gasteiger partial charge in [0.05, 0.1) is 23.7 Å². The molecule has 2 rings (SSSR count). The van der Waals surface area contributed by atoms with Gasteiger partial charge in [-0.15, -0.1) is 0 Å². The van der Waals surface area contributed by atoms with E-state index in [0.29, 0.717) is 5.69 Å². The second-order valence-electron chi connectivity index (χ2n) is 5.59. The quantitative estimate of drug-likeness (QED) is 0.726. The van der Waals surface area contributed by atoms with Crippen molar-refractivity contribution in [1.82, 2.24) is 19.9 Å². The van der Waals surface area contributed by atoms with E-state index < -0.39 is 15.9 Å². The lowest BCUT2D eigenvalue weighted by atomic mass is 10.2. The summed E-state index contributed by atoms with van der Waals surface area (Å²) < 4.78 is 25.1. The maximum absolute atomic E-state index is 12.1. The molecule has 0 aliphatic carbocycles. The minimum Gasteiger partial charge on any atom is -0.349 e. The van der Waals surface area contributed by atoms with Crippen molar-refractivity contribution in [2.24, 2.45) is 0 Å². The highest BCUT2D eigenvalue weighted by molar-refractivity contribution is 7.89. The number of nitrogens with one attached hydrogen (secondary N) is 2. The van der Waals surface area contributed by atoms with E-state index >= 15 is 0 Å². The highest BCUT2D eigenvalue weighted by Crippen LogP contribution is 2.13. The molecule has 2 aromatic rings. The van der Waals surface area contributed by atoms with Crippen LogP contribution in [0.5, 0.6) is 0 Å². The molecule has 0 spiro atoms. The summed E-state index contributed by atoms with van der Waals surface area (Å²) in [6, 6.07) is 10.9. The summed E-state index contributed by atoms with van der Waals surface area (Å²) in [5.41, 5.74) is 0.977. The van der Waals surface area contributed by atoms with E-state index in [1.807, 2.05) is 6.07 Å². The number of hydrogen-bond acceptors (Lipinski definition) is 5. The van der Waals surface area contributed by atoms with Crippen molar-refractivity contribution in [3.8, 4) is 0 Å². The molecule has 0 aliphatic heterocycles. The molecule has 1 aromatic carbocycles. The van der Waals surface area contributed by atoms with Crippen molar-refractivity contribution < 1.29 is 18.0 Å². The number of carbonyl (C=O) groups is 2. The van der Waals surface area contributed by atoms with Crippen LogP contribution in [0.25, 0.3) is 0 Å². The van der Waals surface area contributed by atoms with Gasteiger partial charge < -0.3 is 10.6 Å². The number of rotatable bonds is 7. The van der Waals surface area contributed by atoms with Gasteiger partial charge in [0.1, 0.15) is 0 Å². The number of nitrogens with zero attached hydrogens (tertiary/aromatic N) is 2. The van der Waals surface area contributed by atoms with Crippen LogP contribution in [0.3, 0.4) is 0 Å². The zero-order chi connectivity index (χ0) is 19.2. The average Bonchev–Trinajstić information content (AvgIpc) is 2.65. The Labute approximate surface area is 152 Å². The maximum Gasteiger partial charge on any atom is 0.251 e. The van der Waals surface area contributed by atoms with Crippen LogP contribution in [-0.2, 0) is 21.4 Å². The lowest BCUT2D eigenvalue weighted by Crippen LogP contribution is -2.36. The minimum absolute atomic E-state index is 0.0900. The van der Waals surface area contributed by atoms with Crippen LogP contribution in [0.1, 0.15) is 16.1 Å². The predicted octanol–water partition coefficient (Wildman–Crippen LogP) is 0.378. The monoisotopic (exact) mass is 376 g/mol. The third-order valence-electron chi connectivity index (χ3n) is 3.50. The normalized spacial score (nSPS) is 11.2. The van der Waals surface area contributed by atoms with Gasteiger partial charge in [0.2, 0.25) is 15.9 Å². The highest BCUT2D eigenvalue weighted by Gasteiger charge is 2.17. The fourth-order valence-electron chi connectivity index (χ4n) is 2.01. The van der Waals surface area contributed by atoms with E-state index in [1.165, 1.54) is 38.4 Å². The molecule has 2 N–H and O–H groups in total. The largest absolute Gasteiger partial charge is 0.349 e. The fraction of sp³-hybridized carbons (Fsp3) is 0.235. The fourth-order valence-corrected chi connectivity index (χ4v) is 2.91. The lowest BCUT2D eigenvalue weighted by Gasteiger charge is -2.11. The number of carbonyl (C=O) groups excluding carboxylic acids is 2. The van der Waals surface area contributed by atoms with Crippen molar-refractivity contribution >= 4 is 21.8 Å². The standard InChI is InChI=1S/C17H20N4O4S/c1-21(2)26(24,25)15-8-6-13(7-9-15)17(23)20-12-16(22)19-11-14-5-3-4-10-18-14/h3-10H,11-12H2,1-2H3,(H,19,22)(H,20,23). The predicted molar refractivity (Wildman–Crippen MR) is 95.7 cm³/mol. The van der Waals surface area contributed by atoms with Gasteiger partial charge in [-0.1, -0.05) is 6.07 Å². The van der Waals surface area contributed by atoms with Crippen LogP contribution >= 0.6 is 0 Å². The summed E-state index contributed by atoms with van der Waals surface area (Å²) >= 11 is 0. The Hall–Kier alpha value is -2.78. The summed E-state index contributed by atoms with van der Waals surface area (Å²) in [5, 5.41) is 5.13. The Morgan fingerprint density at radius 1 is 1.04 bits per heavy atom. The molecule has 1 aromatic heterocycles. The Balaban J connectivity index is 1.87. The maximum atomic E-state index is 12.1. The van der Waals surface area contributed by atoms with E-state index in [9.17, 15) is 18.0 Å². The number of benzene rings is 1. The first-order valence-corrected chi connectivity index (χ1v) is 9.22. The third kappa shape index (κ3) is 5.11. The van der Waals surface area contributed by atoms with Crippen molar-refractivity contribution in [1.29, 1.82) is 0 Å². The zero-order valence-corrected chi connectivity index (χ0v) is 15.3. The molecule has 138 valence electrons. The SMILES string of the molecule is CN(C)S(=O)(=O)c1ccc(C(=O)NCC(=O)NCc2ccccn2)cc1. The highest BCUT2D eigenvalue weighted by atomic mass is 32.2. The average molecular weight is 376 g/mol. The molecule has 0 fully saturated rings.